The molecule has 168 valence electrons. The molecule has 2 fully saturated rings. The molecule has 1 atom stereocenters. The molecule has 0 amide bonds. The van der Waals surface area contributed by atoms with E-state index in [4.69, 9.17) is 9.72 Å². The molecule has 7 nitrogen and oxygen atoms in total. The number of benzene rings is 1. The van der Waals surface area contributed by atoms with Gasteiger partial charge < -0.3 is 4.74 Å². The summed E-state index contributed by atoms with van der Waals surface area (Å²) < 4.78 is 9.04. The highest BCUT2D eigenvalue weighted by Crippen LogP contribution is 2.42. The number of imidazole rings is 1. The van der Waals surface area contributed by atoms with Gasteiger partial charge in [0.05, 0.1) is 42.5 Å². The van der Waals surface area contributed by atoms with Crippen molar-refractivity contribution in [3.63, 3.8) is 0 Å². The summed E-state index contributed by atoms with van der Waals surface area (Å²) in [4.78, 5) is 34.6. The van der Waals surface area contributed by atoms with Gasteiger partial charge in [0.2, 0.25) is 0 Å². The summed E-state index contributed by atoms with van der Waals surface area (Å²) in [6.45, 7) is 5.07. The number of nitrogens with zero attached hydrogens (tertiary/aromatic N) is 4. The monoisotopic (exact) mass is 442 g/mol. The molecule has 0 bridgehead atoms. The third kappa shape index (κ3) is 3.17. The van der Waals surface area contributed by atoms with Crippen molar-refractivity contribution in [1.29, 1.82) is 0 Å². The minimum absolute atomic E-state index is 0.0152. The van der Waals surface area contributed by atoms with Gasteiger partial charge in [0.15, 0.2) is 0 Å². The van der Waals surface area contributed by atoms with Gasteiger partial charge in [0.1, 0.15) is 0 Å². The molecular formula is C26H26N4O3. The molecule has 1 aliphatic heterocycles. The van der Waals surface area contributed by atoms with Crippen LogP contribution in [0.2, 0.25) is 0 Å². The Balaban J connectivity index is 1.55. The van der Waals surface area contributed by atoms with Crippen LogP contribution >= 0.6 is 0 Å². The maximum Gasteiger partial charge on any atom is 0.329 e. The highest BCUT2D eigenvalue weighted by atomic mass is 16.5. The lowest BCUT2D eigenvalue weighted by Crippen LogP contribution is -2.32. The number of hydrogen-bond donors (Lipinski definition) is 0. The van der Waals surface area contributed by atoms with Crippen molar-refractivity contribution in [3.05, 3.63) is 70.7 Å². The Kier molecular flexibility index (Phi) is 4.44. The van der Waals surface area contributed by atoms with Crippen LogP contribution in [0.25, 0.3) is 21.8 Å². The molecule has 2 aliphatic rings. The molecule has 7 heteroatoms. The van der Waals surface area contributed by atoms with E-state index < -0.39 is 0 Å². The predicted octanol–water partition coefficient (Wildman–Crippen LogP) is 3.97. The molecule has 3 aromatic heterocycles. The minimum atomic E-state index is -0.369. The van der Waals surface area contributed by atoms with E-state index >= 15 is 0 Å². The van der Waals surface area contributed by atoms with Gasteiger partial charge in [-0.05, 0) is 35.3 Å². The first-order valence-electron chi connectivity index (χ1n) is 11.5. The third-order valence-electron chi connectivity index (χ3n) is 7.39. The Morgan fingerprint density at radius 1 is 1.09 bits per heavy atom. The number of carbonyl (C=O) groups is 1. The van der Waals surface area contributed by atoms with Crippen molar-refractivity contribution in [1.82, 2.24) is 19.1 Å². The van der Waals surface area contributed by atoms with E-state index in [2.05, 4.69) is 31.0 Å². The number of esters is 1. The van der Waals surface area contributed by atoms with Crippen LogP contribution in [0.4, 0.5) is 0 Å². The van der Waals surface area contributed by atoms with Crippen molar-refractivity contribution in [3.8, 4) is 0 Å². The molecule has 4 heterocycles. The summed E-state index contributed by atoms with van der Waals surface area (Å²) in [6.07, 6.45) is 7.84. The molecule has 1 aromatic carbocycles. The number of cyclic esters (lactones) is 1. The Labute approximate surface area is 191 Å². The van der Waals surface area contributed by atoms with E-state index in [1.165, 1.54) is 0 Å². The van der Waals surface area contributed by atoms with Crippen molar-refractivity contribution in [2.75, 3.05) is 6.61 Å². The van der Waals surface area contributed by atoms with Gasteiger partial charge in [0, 0.05) is 29.7 Å². The van der Waals surface area contributed by atoms with E-state index in [9.17, 15) is 9.59 Å². The topological polar surface area (TPSA) is 79.0 Å². The zero-order valence-corrected chi connectivity index (χ0v) is 18.8. The number of pyridine rings is 2. The average Bonchev–Trinajstić information content (AvgIpc) is 3.48. The summed E-state index contributed by atoms with van der Waals surface area (Å²) in [7, 11) is 0. The molecule has 1 saturated carbocycles. The Hall–Kier alpha value is -3.48. The zero-order chi connectivity index (χ0) is 22.7. The van der Waals surface area contributed by atoms with Gasteiger partial charge in [-0.2, -0.15) is 0 Å². The normalized spacial score (nSPS) is 18.8. The first-order valence-corrected chi connectivity index (χ1v) is 11.5. The standard InChI is InChI=1S/C26H26N4O3/c1-26(2,17-11-23(31)33-15-17)24-19-6-4-3-5-16(19)12-28-20(24)14-29-22-13-27-10-9-21(22)30(25(29)32)18-7-8-18/h3-6,9-10,12-13,17-18H,7-8,11,14-15H2,1-2H3. The summed E-state index contributed by atoms with van der Waals surface area (Å²) in [5.41, 5.74) is 3.29. The smallest absolute Gasteiger partial charge is 0.329 e. The van der Waals surface area contributed by atoms with Gasteiger partial charge in [-0.3, -0.25) is 23.9 Å². The summed E-state index contributed by atoms with van der Waals surface area (Å²) >= 11 is 0. The number of carbonyl (C=O) groups excluding carboxylic acids is 1. The van der Waals surface area contributed by atoms with Gasteiger partial charge >= 0.3 is 11.7 Å². The zero-order valence-electron chi connectivity index (χ0n) is 18.8. The van der Waals surface area contributed by atoms with Crippen molar-refractivity contribution in [2.24, 2.45) is 5.92 Å². The molecule has 6 rings (SSSR count). The van der Waals surface area contributed by atoms with E-state index in [0.29, 0.717) is 19.6 Å². The fourth-order valence-electron chi connectivity index (χ4n) is 5.34. The van der Waals surface area contributed by atoms with Crippen LogP contribution in [0.3, 0.4) is 0 Å². The van der Waals surface area contributed by atoms with E-state index in [1.807, 2.05) is 29.0 Å². The van der Waals surface area contributed by atoms with Crippen LogP contribution in [0.5, 0.6) is 0 Å². The molecule has 1 unspecified atom stereocenters. The average molecular weight is 443 g/mol. The van der Waals surface area contributed by atoms with E-state index in [1.54, 1.807) is 17.0 Å². The molecule has 0 N–H and O–H groups in total. The van der Waals surface area contributed by atoms with Crippen LogP contribution < -0.4 is 5.69 Å². The van der Waals surface area contributed by atoms with E-state index in [0.717, 1.165) is 45.9 Å². The Morgan fingerprint density at radius 3 is 2.67 bits per heavy atom. The van der Waals surface area contributed by atoms with Crippen LogP contribution in [-0.2, 0) is 21.5 Å². The third-order valence-corrected chi connectivity index (χ3v) is 7.39. The maximum absolute atomic E-state index is 13.5. The maximum atomic E-state index is 13.5. The number of aromatic nitrogens is 4. The van der Waals surface area contributed by atoms with Crippen LogP contribution in [0, 0.1) is 5.92 Å². The summed E-state index contributed by atoms with van der Waals surface area (Å²) in [5, 5.41) is 2.15. The highest BCUT2D eigenvalue weighted by Gasteiger charge is 2.40. The van der Waals surface area contributed by atoms with Crippen LogP contribution in [0.1, 0.15) is 50.4 Å². The highest BCUT2D eigenvalue weighted by molar-refractivity contribution is 5.87. The Bertz CT molecular complexity index is 1460. The number of fused-ring (bicyclic) bond motifs is 2. The molecule has 0 spiro atoms. The lowest BCUT2D eigenvalue weighted by Gasteiger charge is -2.33. The Morgan fingerprint density at radius 2 is 1.91 bits per heavy atom. The van der Waals surface area contributed by atoms with Crippen molar-refractivity contribution >= 4 is 27.8 Å². The fraction of sp³-hybridized carbons (Fsp3) is 0.385. The van der Waals surface area contributed by atoms with Gasteiger partial charge in [-0.15, -0.1) is 0 Å². The molecule has 33 heavy (non-hydrogen) atoms. The van der Waals surface area contributed by atoms with Crippen LogP contribution in [-0.4, -0.2) is 31.7 Å². The number of ether oxygens (including phenoxy) is 1. The number of rotatable bonds is 5. The SMILES string of the molecule is CC(C)(c1c(Cn2c(=O)n(C3CC3)c3ccncc32)ncc2ccccc12)C1COC(=O)C1. The summed E-state index contributed by atoms with van der Waals surface area (Å²) in [5.74, 6) is -0.111. The molecular weight excluding hydrogens is 416 g/mol. The van der Waals surface area contributed by atoms with Crippen molar-refractivity contribution < 1.29 is 9.53 Å². The second kappa shape index (κ2) is 7.27. The summed E-state index contributed by atoms with van der Waals surface area (Å²) in [6, 6.07) is 10.4. The second-order valence-corrected chi connectivity index (χ2v) is 9.81. The van der Waals surface area contributed by atoms with Crippen molar-refractivity contribution in [2.45, 2.75) is 51.1 Å². The van der Waals surface area contributed by atoms with Gasteiger partial charge in [-0.1, -0.05) is 38.1 Å². The molecule has 1 aliphatic carbocycles. The molecule has 4 aromatic rings. The number of hydrogen-bond acceptors (Lipinski definition) is 5. The predicted molar refractivity (Wildman–Crippen MR) is 125 cm³/mol. The largest absolute Gasteiger partial charge is 0.465 e. The first-order chi connectivity index (χ1) is 15.9. The minimum Gasteiger partial charge on any atom is -0.465 e. The van der Waals surface area contributed by atoms with Crippen LogP contribution in [0.15, 0.2) is 53.7 Å². The second-order valence-electron chi connectivity index (χ2n) is 9.81. The van der Waals surface area contributed by atoms with Gasteiger partial charge in [-0.25, -0.2) is 4.79 Å². The van der Waals surface area contributed by atoms with Gasteiger partial charge in [0.25, 0.3) is 0 Å². The van der Waals surface area contributed by atoms with E-state index in [-0.39, 0.29) is 29.0 Å². The molecule has 1 saturated heterocycles. The first kappa shape index (κ1) is 20.1. The molecule has 0 radical (unpaired) electrons. The fourth-order valence-corrected chi connectivity index (χ4v) is 5.34. The quantitative estimate of drug-likeness (QED) is 0.437. The lowest BCUT2D eigenvalue weighted by atomic mass is 9.71. The lowest BCUT2D eigenvalue weighted by molar-refractivity contribution is -0.137.